The maximum absolute atomic E-state index is 14.8. The molecule has 3 fully saturated rings. The predicted octanol–water partition coefficient (Wildman–Crippen LogP) is 2.65. The highest BCUT2D eigenvalue weighted by atomic mass is 19.4. The summed E-state index contributed by atoms with van der Waals surface area (Å²) in [5, 5.41) is 19.5. The van der Waals surface area contributed by atoms with Crippen LogP contribution in [0, 0.1) is 23.2 Å². The number of carboxylic acids is 1. The monoisotopic (exact) mass is 552 g/mol. The van der Waals surface area contributed by atoms with Crippen molar-refractivity contribution in [2.45, 2.75) is 75.7 Å². The molecule has 12 heteroatoms. The van der Waals surface area contributed by atoms with Crippen LogP contribution in [0.3, 0.4) is 0 Å². The molecule has 0 aromatic heterocycles. The minimum Gasteiger partial charge on any atom is -0.480 e. The fourth-order valence-electron chi connectivity index (χ4n) is 7.26. The number of carbonyl (C=O) groups is 3. The lowest BCUT2D eigenvalue weighted by atomic mass is 9.75. The zero-order valence-electron chi connectivity index (χ0n) is 21.8. The quantitative estimate of drug-likeness (QED) is 0.170. The lowest BCUT2D eigenvalue weighted by molar-refractivity contribution is -0.900. The zero-order valence-corrected chi connectivity index (χ0v) is 21.8. The first-order valence-electron chi connectivity index (χ1n) is 13.5. The number of nitrogens with zero attached hydrogens (tertiary/aromatic N) is 1. The molecule has 7 N–H and O–H groups in total. The van der Waals surface area contributed by atoms with E-state index in [2.05, 4.69) is 5.32 Å². The Labute approximate surface area is 225 Å². The topological polar surface area (TPSA) is 159 Å². The van der Waals surface area contributed by atoms with Crippen LogP contribution in [0.15, 0.2) is 24.3 Å². The predicted molar refractivity (Wildman–Crippen MR) is 136 cm³/mol. The molecule has 0 bridgehead atoms. The number of amidine groups is 1. The van der Waals surface area contributed by atoms with Crippen LogP contribution in [0.1, 0.15) is 62.5 Å². The summed E-state index contributed by atoms with van der Waals surface area (Å²) >= 11 is 0. The van der Waals surface area contributed by atoms with Gasteiger partial charge in [-0.15, -0.1) is 0 Å². The number of hydrogen-bond donors (Lipinski definition) is 5. The number of aliphatic carboxylic acids is 1. The van der Waals surface area contributed by atoms with E-state index in [1.807, 2.05) is 0 Å². The van der Waals surface area contributed by atoms with E-state index in [1.54, 1.807) is 24.3 Å². The Kier molecular flexibility index (Phi) is 8.09. The molecule has 2 aliphatic carbocycles. The van der Waals surface area contributed by atoms with E-state index < -0.39 is 58.4 Å². The Morgan fingerprint density at radius 1 is 1.08 bits per heavy atom. The second-order valence-electron chi connectivity index (χ2n) is 11.3. The molecule has 9 nitrogen and oxygen atoms in total. The third kappa shape index (κ3) is 5.41. The molecule has 0 spiro atoms. The van der Waals surface area contributed by atoms with Gasteiger partial charge in [0.1, 0.15) is 18.4 Å². The van der Waals surface area contributed by atoms with E-state index in [-0.39, 0.29) is 24.8 Å². The second-order valence-corrected chi connectivity index (χ2v) is 11.3. The number of primary amides is 1. The summed E-state index contributed by atoms with van der Waals surface area (Å²) in [5.74, 6) is -6.26. The number of carboxylic acid groups (broad SMARTS) is 1. The number of amides is 2. The van der Waals surface area contributed by atoms with Crippen molar-refractivity contribution in [3.63, 3.8) is 0 Å². The van der Waals surface area contributed by atoms with Gasteiger partial charge in [-0.1, -0.05) is 43.5 Å². The highest BCUT2D eigenvalue weighted by Crippen LogP contribution is 2.59. The van der Waals surface area contributed by atoms with Crippen molar-refractivity contribution in [1.82, 2.24) is 5.32 Å². The maximum atomic E-state index is 14.8. The molecule has 1 unspecified atom stereocenters. The number of carbonyl (C=O) groups excluding carboxylic acids is 2. The van der Waals surface area contributed by atoms with Crippen molar-refractivity contribution in [1.29, 1.82) is 5.41 Å². The Morgan fingerprint density at radius 3 is 2.26 bits per heavy atom. The minimum atomic E-state index is -4.76. The van der Waals surface area contributed by atoms with E-state index in [1.165, 1.54) is 0 Å². The zero-order chi connectivity index (χ0) is 28.6. The molecule has 2 amide bonds. The summed E-state index contributed by atoms with van der Waals surface area (Å²) in [6.07, 6.45) is -0.714. The molecular weight excluding hydrogens is 515 g/mol. The molecule has 1 aromatic carbocycles. The standard InChI is InChI=1S/C27H36F3N5O4/c28-27(29,30)21(17-5-2-1-3-6-17)22(34-14-20(36)37)24(38)35(12-4-7-19-13-26(19,35)25(33)39)15-16-8-10-18(11-9-16)23(31)32/h8-11,17,19,21-22,34H,1-7,12-15H2,(H5-,31,32,33,36,37,39)/p+1/t19-,21+,22-,26+,35?/m1/s1. The average Bonchev–Trinajstić information content (AvgIpc) is 3.63. The van der Waals surface area contributed by atoms with Crippen LogP contribution >= 0.6 is 0 Å². The molecule has 1 saturated heterocycles. The maximum Gasteiger partial charge on any atom is 0.394 e. The van der Waals surface area contributed by atoms with Gasteiger partial charge >= 0.3 is 18.1 Å². The number of fused-ring (bicyclic) bond motifs is 1. The number of nitrogen functional groups attached to an aromatic ring is 1. The summed E-state index contributed by atoms with van der Waals surface area (Å²) in [7, 11) is 0. The van der Waals surface area contributed by atoms with Gasteiger partial charge in [0.05, 0.1) is 19.0 Å². The van der Waals surface area contributed by atoms with Crippen LogP contribution in [0.5, 0.6) is 0 Å². The van der Waals surface area contributed by atoms with Crippen molar-refractivity contribution in [2.75, 3.05) is 13.1 Å². The average molecular weight is 553 g/mol. The number of alkyl halides is 3. The molecule has 2 saturated carbocycles. The van der Waals surface area contributed by atoms with Crippen molar-refractivity contribution in [3.8, 4) is 0 Å². The van der Waals surface area contributed by atoms with Gasteiger partial charge in [-0.3, -0.25) is 20.3 Å². The number of rotatable bonds is 10. The number of nitrogens with one attached hydrogen (secondary N) is 2. The van der Waals surface area contributed by atoms with Crippen LogP contribution < -0.4 is 16.8 Å². The van der Waals surface area contributed by atoms with E-state index in [0.29, 0.717) is 56.1 Å². The van der Waals surface area contributed by atoms with Gasteiger partial charge in [0.15, 0.2) is 5.54 Å². The Morgan fingerprint density at radius 2 is 1.72 bits per heavy atom. The molecule has 39 heavy (non-hydrogen) atoms. The number of benzene rings is 1. The number of piperidine rings is 1. The van der Waals surface area contributed by atoms with E-state index in [9.17, 15) is 32.7 Å². The third-order valence-corrected chi connectivity index (χ3v) is 9.13. The molecule has 3 aliphatic rings. The molecule has 1 heterocycles. The van der Waals surface area contributed by atoms with Crippen molar-refractivity contribution in [3.05, 3.63) is 35.4 Å². The molecular formula is C27H37F3N5O4+. The van der Waals surface area contributed by atoms with Gasteiger partial charge in [-0.05, 0) is 31.6 Å². The number of quaternary nitrogens is 1. The number of halogens is 3. The first-order valence-corrected chi connectivity index (χ1v) is 13.5. The third-order valence-electron chi connectivity index (χ3n) is 9.13. The fraction of sp³-hybridized carbons (Fsp3) is 0.630. The van der Waals surface area contributed by atoms with Gasteiger partial charge in [-0.25, -0.2) is 9.28 Å². The number of likely N-dealkylation sites (tertiary alicyclic amines) is 1. The van der Waals surface area contributed by atoms with Crippen LogP contribution in [-0.2, 0) is 20.9 Å². The van der Waals surface area contributed by atoms with Crippen LogP contribution in [0.2, 0.25) is 0 Å². The molecule has 0 radical (unpaired) electrons. The summed E-state index contributed by atoms with van der Waals surface area (Å²) in [6, 6.07) is 4.62. The fourth-order valence-corrected chi connectivity index (χ4v) is 7.26. The lowest BCUT2D eigenvalue weighted by Gasteiger charge is -2.48. The number of nitrogens with two attached hydrogens (primary N) is 2. The molecule has 1 aromatic rings. The van der Waals surface area contributed by atoms with E-state index in [0.717, 1.165) is 6.42 Å². The highest BCUT2D eigenvalue weighted by Gasteiger charge is 2.77. The molecule has 4 rings (SSSR count). The van der Waals surface area contributed by atoms with Crippen LogP contribution in [0.4, 0.5) is 13.2 Å². The minimum absolute atomic E-state index is 0.0725. The Balaban J connectivity index is 1.82. The SMILES string of the molecule is N=C(N)c1ccc(C[N+]2(C(=O)[C@H](NCC(=O)O)[C@H](C3CCCCC3)C(F)(F)F)CCC[C@@H]3C[C@@]32C(N)=O)cc1. The molecule has 214 valence electrons. The Hall–Kier alpha value is -2.99. The molecule has 1 aliphatic heterocycles. The molecule has 5 atom stereocenters. The first kappa shape index (κ1) is 29.0. The second kappa shape index (κ2) is 10.9. The van der Waals surface area contributed by atoms with Gasteiger partial charge in [0.2, 0.25) is 0 Å². The van der Waals surface area contributed by atoms with Gasteiger partial charge in [0, 0.05) is 23.5 Å². The summed E-state index contributed by atoms with van der Waals surface area (Å²) < 4.78 is 43.7. The van der Waals surface area contributed by atoms with Crippen molar-refractivity contribution < 1.29 is 37.1 Å². The normalized spacial score (nSPS) is 28.6. The first-order chi connectivity index (χ1) is 18.3. The largest absolute Gasteiger partial charge is 0.480 e. The summed E-state index contributed by atoms with van der Waals surface area (Å²) in [4.78, 5) is 39.1. The van der Waals surface area contributed by atoms with Crippen molar-refractivity contribution >= 4 is 23.6 Å². The Bertz CT molecular complexity index is 1120. The van der Waals surface area contributed by atoms with E-state index >= 15 is 0 Å². The van der Waals surface area contributed by atoms with Crippen molar-refractivity contribution in [2.24, 2.45) is 29.2 Å². The van der Waals surface area contributed by atoms with Gasteiger partial charge in [-0.2, -0.15) is 13.2 Å². The van der Waals surface area contributed by atoms with E-state index in [4.69, 9.17) is 16.9 Å². The smallest absolute Gasteiger partial charge is 0.394 e. The van der Waals surface area contributed by atoms with Crippen LogP contribution in [-0.4, -0.2) is 64.1 Å². The summed E-state index contributed by atoms with van der Waals surface area (Å²) in [6.45, 7) is -0.778. The number of hydrogen-bond acceptors (Lipinski definition) is 5. The van der Waals surface area contributed by atoms with Crippen LogP contribution in [0.25, 0.3) is 0 Å². The lowest BCUT2D eigenvalue weighted by Crippen LogP contribution is -2.72. The van der Waals surface area contributed by atoms with Gasteiger partial charge in [0.25, 0.3) is 5.91 Å². The highest BCUT2D eigenvalue weighted by molar-refractivity contribution is 5.95. The summed E-state index contributed by atoms with van der Waals surface area (Å²) in [5.41, 5.74) is 11.1. The van der Waals surface area contributed by atoms with Gasteiger partial charge < -0.3 is 16.6 Å².